The van der Waals surface area contributed by atoms with Crippen LogP contribution in [-0.2, 0) is 4.79 Å². The lowest BCUT2D eigenvalue weighted by molar-refractivity contribution is -0.135. The van der Waals surface area contributed by atoms with Gasteiger partial charge in [0.1, 0.15) is 0 Å². The zero-order valence-corrected chi connectivity index (χ0v) is 12.3. The van der Waals surface area contributed by atoms with E-state index in [1.54, 1.807) is 0 Å². The second-order valence-electron chi connectivity index (χ2n) is 6.69. The summed E-state index contributed by atoms with van der Waals surface area (Å²) in [6.45, 7) is 5.99. The zero-order chi connectivity index (χ0) is 13.9. The lowest BCUT2D eigenvalue weighted by atomic mass is 9.74. The molecule has 110 valence electrons. The first-order valence-corrected chi connectivity index (χ1v) is 7.69. The number of hydrogen-bond acceptors (Lipinski definition) is 3. The molecule has 0 bridgehead atoms. The molecule has 2 rings (SSSR count). The fraction of sp³-hybridized carbons (Fsp3) is 0.933. The summed E-state index contributed by atoms with van der Waals surface area (Å²) in [5, 5.41) is 16.3. The maximum Gasteiger partial charge on any atom is 0.228 e. The largest absolute Gasteiger partial charge is 0.394 e. The number of carbonyl (C=O) groups excluding carboxylic acids is 1. The molecule has 1 saturated carbocycles. The summed E-state index contributed by atoms with van der Waals surface area (Å²) >= 11 is 0. The van der Waals surface area contributed by atoms with Crippen molar-refractivity contribution in [1.82, 2.24) is 10.6 Å². The predicted molar refractivity (Wildman–Crippen MR) is 75.8 cm³/mol. The van der Waals surface area contributed by atoms with Gasteiger partial charge in [0.2, 0.25) is 5.91 Å². The molecule has 0 spiro atoms. The number of rotatable bonds is 4. The Bertz CT molecular complexity index is 316. The van der Waals surface area contributed by atoms with Crippen molar-refractivity contribution < 1.29 is 9.90 Å². The van der Waals surface area contributed by atoms with E-state index in [1.807, 2.05) is 0 Å². The third kappa shape index (κ3) is 2.79. The van der Waals surface area contributed by atoms with Gasteiger partial charge in [-0.25, -0.2) is 0 Å². The van der Waals surface area contributed by atoms with Gasteiger partial charge in [-0.1, -0.05) is 33.1 Å². The van der Waals surface area contributed by atoms with Crippen LogP contribution in [0.25, 0.3) is 0 Å². The number of aliphatic hydroxyl groups excluding tert-OH is 1. The first-order chi connectivity index (χ1) is 9.05. The molecule has 4 nitrogen and oxygen atoms in total. The van der Waals surface area contributed by atoms with Crippen LogP contribution in [0.15, 0.2) is 0 Å². The summed E-state index contributed by atoms with van der Waals surface area (Å²) in [4.78, 5) is 12.8. The van der Waals surface area contributed by atoms with E-state index in [9.17, 15) is 9.90 Å². The molecular weight excluding hydrogens is 240 g/mol. The van der Waals surface area contributed by atoms with Gasteiger partial charge < -0.3 is 15.7 Å². The Morgan fingerprint density at radius 2 is 1.95 bits per heavy atom. The van der Waals surface area contributed by atoms with Crippen molar-refractivity contribution in [2.75, 3.05) is 19.7 Å². The van der Waals surface area contributed by atoms with Crippen LogP contribution in [0.4, 0.5) is 0 Å². The Labute approximate surface area is 116 Å². The Morgan fingerprint density at radius 1 is 1.26 bits per heavy atom. The predicted octanol–water partition coefficient (Wildman–Crippen LogP) is 1.43. The van der Waals surface area contributed by atoms with Crippen LogP contribution in [0, 0.1) is 11.3 Å². The maximum absolute atomic E-state index is 12.8. The molecule has 1 atom stereocenters. The van der Waals surface area contributed by atoms with Crippen molar-refractivity contribution in [1.29, 1.82) is 0 Å². The fourth-order valence-corrected chi connectivity index (χ4v) is 3.58. The molecule has 1 heterocycles. The lowest BCUT2D eigenvalue weighted by Gasteiger charge is -2.41. The maximum atomic E-state index is 12.8. The van der Waals surface area contributed by atoms with Crippen molar-refractivity contribution >= 4 is 5.91 Å². The number of carbonyl (C=O) groups is 1. The average Bonchev–Trinajstić information content (AvgIpc) is 2.90. The van der Waals surface area contributed by atoms with Gasteiger partial charge >= 0.3 is 0 Å². The molecule has 0 aromatic rings. The minimum Gasteiger partial charge on any atom is -0.394 e. The average molecular weight is 268 g/mol. The van der Waals surface area contributed by atoms with Gasteiger partial charge in [-0.15, -0.1) is 0 Å². The molecule has 1 aliphatic carbocycles. The minimum absolute atomic E-state index is 0.0698. The van der Waals surface area contributed by atoms with E-state index < -0.39 is 0 Å². The summed E-state index contributed by atoms with van der Waals surface area (Å²) < 4.78 is 0. The normalized spacial score (nSPS) is 30.5. The van der Waals surface area contributed by atoms with E-state index in [1.165, 1.54) is 6.42 Å². The summed E-state index contributed by atoms with van der Waals surface area (Å²) in [5.74, 6) is 0.463. The van der Waals surface area contributed by atoms with Crippen molar-refractivity contribution in [3.8, 4) is 0 Å². The van der Waals surface area contributed by atoms with Gasteiger partial charge in [-0.05, 0) is 31.7 Å². The van der Waals surface area contributed by atoms with Crippen LogP contribution in [0.2, 0.25) is 0 Å². The molecule has 4 heteroatoms. The second-order valence-corrected chi connectivity index (χ2v) is 6.69. The summed E-state index contributed by atoms with van der Waals surface area (Å²) in [5.41, 5.74) is -0.653. The fourth-order valence-electron chi connectivity index (χ4n) is 3.58. The lowest BCUT2D eigenvalue weighted by Crippen LogP contribution is -2.58. The molecule has 0 radical (unpaired) electrons. The van der Waals surface area contributed by atoms with Gasteiger partial charge in [-0.3, -0.25) is 4.79 Å². The van der Waals surface area contributed by atoms with Crippen molar-refractivity contribution in [2.45, 2.75) is 57.9 Å². The molecule has 1 unspecified atom stereocenters. The van der Waals surface area contributed by atoms with Crippen molar-refractivity contribution in [3.63, 3.8) is 0 Å². The molecule has 0 aromatic carbocycles. The third-order valence-electron chi connectivity index (χ3n) is 5.24. The van der Waals surface area contributed by atoms with Crippen molar-refractivity contribution in [3.05, 3.63) is 0 Å². The molecule has 1 saturated heterocycles. The SMILES string of the molecule is CC(C)C1(C(=O)NC2(CO)CCCCC2)CCNC1. The standard InChI is InChI=1S/C15H28N2O2/c1-12(2)15(8-9-16-10-15)13(19)17-14(11-18)6-4-3-5-7-14/h12,16,18H,3-11H2,1-2H3,(H,17,19). The van der Waals surface area contributed by atoms with E-state index >= 15 is 0 Å². The van der Waals surface area contributed by atoms with E-state index in [0.29, 0.717) is 5.92 Å². The van der Waals surface area contributed by atoms with Crippen LogP contribution >= 0.6 is 0 Å². The summed E-state index contributed by atoms with van der Waals surface area (Å²) in [6.07, 6.45) is 6.15. The Hall–Kier alpha value is -0.610. The number of aliphatic hydroxyl groups is 1. The quantitative estimate of drug-likeness (QED) is 0.723. The van der Waals surface area contributed by atoms with E-state index in [2.05, 4.69) is 24.5 Å². The topological polar surface area (TPSA) is 61.4 Å². The van der Waals surface area contributed by atoms with Gasteiger partial charge in [0.25, 0.3) is 0 Å². The van der Waals surface area contributed by atoms with E-state index in [0.717, 1.165) is 45.2 Å². The molecule has 0 aromatic heterocycles. The Kier molecular flexibility index (Phi) is 4.51. The summed E-state index contributed by atoms with van der Waals surface area (Å²) in [6, 6.07) is 0. The summed E-state index contributed by atoms with van der Waals surface area (Å²) in [7, 11) is 0. The van der Waals surface area contributed by atoms with E-state index in [-0.39, 0.29) is 23.5 Å². The third-order valence-corrected chi connectivity index (χ3v) is 5.24. The Morgan fingerprint density at radius 3 is 2.42 bits per heavy atom. The zero-order valence-electron chi connectivity index (χ0n) is 12.3. The minimum atomic E-state index is -0.361. The molecule has 2 fully saturated rings. The van der Waals surface area contributed by atoms with Gasteiger partial charge in [-0.2, -0.15) is 0 Å². The van der Waals surface area contributed by atoms with Gasteiger partial charge in [0, 0.05) is 6.54 Å². The second kappa shape index (κ2) is 5.80. The molecule has 2 aliphatic rings. The highest BCUT2D eigenvalue weighted by atomic mass is 16.3. The van der Waals surface area contributed by atoms with Crippen LogP contribution in [0.1, 0.15) is 52.4 Å². The van der Waals surface area contributed by atoms with Crippen LogP contribution < -0.4 is 10.6 Å². The molecule has 3 N–H and O–H groups in total. The monoisotopic (exact) mass is 268 g/mol. The van der Waals surface area contributed by atoms with Crippen LogP contribution in [-0.4, -0.2) is 36.2 Å². The number of amides is 1. The van der Waals surface area contributed by atoms with Gasteiger partial charge in [0.05, 0.1) is 17.6 Å². The highest BCUT2D eigenvalue weighted by Gasteiger charge is 2.46. The van der Waals surface area contributed by atoms with Gasteiger partial charge in [0.15, 0.2) is 0 Å². The first-order valence-electron chi connectivity index (χ1n) is 7.69. The van der Waals surface area contributed by atoms with Crippen LogP contribution in [0.3, 0.4) is 0 Å². The smallest absolute Gasteiger partial charge is 0.228 e. The molecule has 19 heavy (non-hydrogen) atoms. The first kappa shape index (κ1) is 14.8. The molecule has 1 aliphatic heterocycles. The number of hydrogen-bond donors (Lipinski definition) is 3. The Balaban J connectivity index is 2.10. The highest BCUT2D eigenvalue weighted by molar-refractivity contribution is 5.84. The van der Waals surface area contributed by atoms with E-state index in [4.69, 9.17) is 0 Å². The molecular formula is C15H28N2O2. The number of nitrogens with one attached hydrogen (secondary N) is 2. The van der Waals surface area contributed by atoms with Crippen LogP contribution in [0.5, 0.6) is 0 Å². The molecule has 1 amide bonds. The highest BCUT2D eigenvalue weighted by Crippen LogP contribution is 2.36. The van der Waals surface area contributed by atoms with Crippen molar-refractivity contribution in [2.24, 2.45) is 11.3 Å².